The van der Waals surface area contributed by atoms with Crippen LogP contribution in [0.5, 0.6) is 0 Å². The summed E-state index contributed by atoms with van der Waals surface area (Å²) in [5.41, 5.74) is 1.09. The second-order valence-corrected chi connectivity index (χ2v) is 5.73. The van der Waals surface area contributed by atoms with E-state index in [1.807, 2.05) is 18.2 Å². The third kappa shape index (κ3) is 2.60. The van der Waals surface area contributed by atoms with Gasteiger partial charge in [0.2, 0.25) is 0 Å². The second kappa shape index (κ2) is 3.64. The van der Waals surface area contributed by atoms with Crippen molar-refractivity contribution >= 4 is 0 Å². The number of benzene rings is 1. The molecule has 1 heteroatoms. The molecule has 15 heavy (non-hydrogen) atoms. The van der Waals surface area contributed by atoms with Gasteiger partial charge in [-0.15, -0.1) is 0 Å². The topological polar surface area (TPSA) is 20.2 Å². The molecule has 0 heterocycles. The monoisotopic (exact) mass is 204 g/mol. The van der Waals surface area contributed by atoms with E-state index in [1.165, 1.54) is 5.56 Å². The maximum atomic E-state index is 10.5. The molecule has 1 fully saturated rings. The van der Waals surface area contributed by atoms with Crippen LogP contribution in [0, 0.1) is 5.41 Å². The zero-order valence-electron chi connectivity index (χ0n) is 9.66. The highest BCUT2D eigenvalue weighted by molar-refractivity contribution is 5.18. The van der Waals surface area contributed by atoms with Crippen molar-refractivity contribution < 1.29 is 5.11 Å². The first-order valence-corrected chi connectivity index (χ1v) is 5.76. The summed E-state index contributed by atoms with van der Waals surface area (Å²) in [6, 6.07) is 10.3. The molecule has 0 bridgehead atoms. The fourth-order valence-electron chi connectivity index (χ4n) is 2.77. The first kappa shape index (κ1) is 10.7. The highest BCUT2D eigenvalue weighted by Gasteiger charge is 2.41. The summed E-state index contributed by atoms with van der Waals surface area (Å²) in [7, 11) is 0. The van der Waals surface area contributed by atoms with Gasteiger partial charge in [-0.2, -0.15) is 0 Å². The standard InChI is InChI=1S/C14H20O/c1-13(2)8-9-14(15,11-13)10-12-6-4-3-5-7-12/h3-7,15H,8-11H2,1-2H3. The van der Waals surface area contributed by atoms with Crippen LogP contribution in [-0.2, 0) is 6.42 Å². The van der Waals surface area contributed by atoms with Gasteiger partial charge in [0.05, 0.1) is 5.60 Å². The molecular weight excluding hydrogens is 184 g/mol. The molecule has 1 aliphatic rings. The van der Waals surface area contributed by atoms with Gasteiger partial charge in [-0.25, -0.2) is 0 Å². The average molecular weight is 204 g/mol. The van der Waals surface area contributed by atoms with Crippen molar-refractivity contribution in [3.8, 4) is 0 Å². The quantitative estimate of drug-likeness (QED) is 0.784. The minimum atomic E-state index is -0.467. The number of hydrogen-bond donors (Lipinski definition) is 1. The summed E-state index contributed by atoms with van der Waals surface area (Å²) in [6.07, 6.45) is 3.80. The first-order valence-electron chi connectivity index (χ1n) is 5.76. The Labute approximate surface area is 92.1 Å². The Bertz CT molecular complexity index is 328. The Balaban J connectivity index is 2.07. The van der Waals surface area contributed by atoms with Crippen molar-refractivity contribution in [1.82, 2.24) is 0 Å². The van der Waals surface area contributed by atoms with Gasteiger partial charge in [-0.3, -0.25) is 0 Å². The molecule has 0 radical (unpaired) electrons. The smallest absolute Gasteiger partial charge is 0.0693 e. The van der Waals surface area contributed by atoms with Gasteiger partial charge in [0, 0.05) is 6.42 Å². The van der Waals surface area contributed by atoms with Crippen molar-refractivity contribution in [3.05, 3.63) is 35.9 Å². The Morgan fingerprint density at radius 3 is 2.33 bits per heavy atom. The summed E-state index contributed by atoms with van der Waals surface area (Å²) >= 11 is 0. The maximum Gasteiger partial charge on any atom is 0.0693 e. The molecule has 1 saturated carbocycles. The lowest BCUT2D eigenvalue weighted by atomic mass is 9.86. The van der Waals surface area contributed by atoms with Crippen LogP contribution >= 0.6 is 0 Å². The minimum absolute atomic E-state index is 0.309. The highest BCUT2D eigenvalue weighted by Crippen LogP contribution is 2.44. The van der Waals surface area contributed by atoms with Crippen molar-refractivity contribution in [2.45, 2.75) is 45.1 Å². The van der Waals surface area contributed by atoms with E-state index in [4.69, 9.17) is 0 Å². The predicted molar refractivity (Wildman–Crippen MR) is 62.7 cm³/mol. The molecule has 1 aliphatic carbocycles. The lowest BCUT2D eigenvalue weighted by Crippen LogP contribution is -2.29. The van der Waals surface area contributed by atoms with Crippen molar-refractivity contribution in [2.24, 2.45) is 5.41 Å². The van der Waals surface area contributed by atoms with Gasteiger partial charge in [-0.05, 0) is 30.2 Å². The molecule has 1 atom stereocenters. The van der Waals surface area contributed by atoms with E-state index in [1.54, 1.807) is 0 Å². The number of aliphatic hydroxyl groups is 1. The number of rotatable bonds is 2. The molecule has 1 aromatic carbocycles. The van der Waals surface area contributed by atoms with Gasteiger partial charge in [0.1, 0.15) is 0 Å². The summed E-state index contributed by atoms with van der Waals surface area (Å²) in [6.45, 7) is 4.49. The van der Waals surface area contributed by atoms with E-state index in [0.717, 1.165) is 25.7 Å². The average Bonchev–Trinajstić information content (AvgIpc) is 2.42. The lowest BCUT2D eigenvalue weighted by Gasteiger charge is -2.25. The largest absolute Gasteiger partial charge is 0.390 e. The summed E-state index contributed by atoms with van der Waals surface area (Å²) < 4.78 is 0. The molecule has 1 unspecified atom stereocenters. The van der Waals surface area contributed by atoms with Crippen LogP contribution in [0.25, 0.3) is 0 Å². The normalized spacial score (nSPS) is 29.3. The number of hydrogen-bond acceptors (Lipinski definition) is 1. The van der Waals surface area contributed by atoms with Crippen LogP contribution < -0.4 is 0 Å². The van der Waals surface area contributed by atoms with E-state index in [2.05, 4.69) is 26.0 Å². The van der Waals surface area contributed by atoms with Crippen molar-refractivity contribution in [1.29, 1.82) is 0 Å². The molecule has 0 aromatic heterocycles. The van der Waals surface area contributed by atoms with Gasteiger partial charge in [-0.1, -0.05) is 44.2 Å². The van der Waals surface area contributed by atoms with Crippen LogP contribution in [-0.4, -0.2) is 10.7 Å². The van der Waals surface area contributed by atoms with E-state index >= 15 is 0 Å². The van der Waals surface area contributed by atoms with Crippen molar-refractivity contribution in [3.63, 3.8) is 0 Å². The van der Waals surface area contributed by atoms with Crippen LogP contribution in [0.2, 0.25) is 0 Å². The van der Waals surface area contributed by atoms with Crippen LogP contribution in [0.15, 0.2) is 30.3 Å². The zero-order valence-corrected chi connectivity index (χ0v) is 9.66. The SMILES string of the molecule is CC1(C)CCC(O)(Cc2ccccc2)C1. The van der Waals surface area contributed by atoms with Crippen LogP contribution in [0.1, 0.15) is 38.7 Å². The molecule has 2 rings (SSSR count). The van der Waals surface area contributed by atoms with Gasteiger partial charge < -0.3 is 5.11 Å². The summed E-state index contributed by atoms with van der Waals surface area (Å²) in [4.78, 5) is 0. The van der Waals surface area contributed by atoms with Gasteiger partial charge >= 0.3 is 0 Å². The second-order valence-electron chi connectivity index (χ2n) is 5.73. The fourth-order valence-corrected chi connectivity index (χ4v) is 2.77. The van der Waals surface area contributed by atoms with E-state index < -0.39 is 5.60 Å². The third-order valence-corrected chi connectivity index (χ3v) is 3.45. The van der Waals surface area contributed by atoms with Gasteiger partial charge in [0.25, 0.3) is 0 Å². The predicted octanol–water partition coefficient (Wildman–Crippen LogP) is 3.17. The zero-order chi connectivity index (χ0) is 10.9. The molecule has 1 aromatic rings. The Hall–Kier alpha value is -0.820. The van der Waals surface area contributed by atoms with Crippen LogP contribution in [0.4, 0.5) is 0 Å². The van der Waals surface area contributed by atoms with E-state index in [0.29, 0.717) is 5.41 Å². The maximum absolute atomic E-state index is 10.5. The fraction of sp³-hybridized carbons (Fsp3) is 0.571. The molecule has 0 amide bonds. The van der Waals surface area contributed by atoms with E-state index in [-0.39, 0.29) is 0 Å². The molecule has 0 spiro atoms. The highest BCUT2D eigenvalue weighted by atomic mass is 16.3. The Morgan fingerprint density at radius 2 is 1.80 bits per heavy atom. The van der Waals surface area contributed by atoms with Gasteiger partial charge in [0.15, 0.2) is 0 Å². The van der Waals surface area contributed by atoms with Crippen LogP contribution in [0.3, 0.4) is 0 Å². The summed E-state index contributed by atoms with van der Waals surface area (Å²) in [5.74, 6) is 0. The molecule has 1 N–H and O–H groups in total. The molecule has 0 saturated heterocycles. The lowest BCUT2D eigenvalue weighted by molar-refractivity contribution is 0.0379. The molecule has 0 aliphatic heterocycles. The third-order valence-electron chi connectivity index (χ3n) is 3.45. The van der Waals surface area contributed by atoms with E-state index in [9.17, 15) is 5.11 Å². The summed E-state index contributed by atoms with van der Waals surface area (Å²) in [5, 5.41) is 10.5. The minimum Gasteiger partial charge on any atom is -0.390 e. The molecular formula is C14H20O. The first-order chi connectivity index (χ1) is 6.99. The molecule has 82 valence electrons. The Morgan fingerprint density at radius 1 is 1.13 bits per heavy atom. The molecule has 1 nitrogen and oxygen atoms in total. The Kier molecular flexibility index (Phi) is 2.59. The van der Waals surface area contributed by atoms with Crippen molar-refractivity contribution in [2.75, 3.05) is 0 Å².